The fourth-order valence-electron chi connectivity index (χ4n) is 1.12. The lowest BCUT2D eigenvalue weighted by Crippen LogP contribution is -2.13. The molecule has 0 aromatic rings. The summed E-state index contributed by atoms with van der Waals surface area (Å²) in [6.07, 6.45) is 1.35. The van der Waals surface area contributed by atoms with Gasteiger partial charge in [-0.2, -0.15) is 0 Å². The van der Waals surface area contributed by atoms with E-state index >= 15 is 0 Å². The zero-order valence-corrected chi connectivity index (χ0v) is 7.06. The molecule has 0 bridgehead atoms. The molecule has 0 radical (unpaired) electrons. The van der Waals surface area contributed by atoms with Crippen LogP contribution in [0.25, 0.3) is 0 Å². The van der Waals surface area contributed by atoms with Crippen LogP contribution in [-0.2, 0) is 9.59 Å². The molecule has 1 N–H and O–H groups in total. The average molecular weight is 174 g/mol. The van der Waals surface area contributed by atoms with Crippen molar-refractivity contribution in [2.24, 2.45) is 0 Å². The van der Waals surface area contributed by atoms with Gasteiger partial charge in [-0.25, -0.2) is 0 Å². The zero-order chi connectivity index (χ0) is 8.43. The molecule has 1 fully saturated rings. The predicted octanol–water partition coefficient (Wildman–Crippen LogP) is 0.924. The summed E-state index contributed by atoms with van der Waals surface area (Å²) in [6, 6.07) is 0. The second-order valence-electron chi connectivity index (χ2n) is 2.64. The number of aliphatic carboxylic acids is 1. The summed E-state index contributed by atoms with van der Waals surface area (Å²) in [4.78, 5) is 21.2. The van der Waals surface area contributed by atoms with Crippen LogP contribution < -0.4 is 0 Å². The van der Waals surface area contributed by atoms with E-state index in [9.17, 15) is 9.59 Å². The fraction of sp³-hybridized carbons (Fsp3) is 0.714. The quantitative estimate of drug-likeness (QED) is 0.676. The van der Waals surface area contributed by atoms with Crippen LogP contribution in [0.2, 0.25) is 0 Å². The van der Waals surface area contributed by atoms with Gasteiger partial charge in [-0.3, -0.25) is 9.59 Å². The molecule has 0 spiro atoms. The molecule has 3 nitrogen and oxygen atoms in total. The molecular weight excluding hydrogens is 164 g/mol. The van der Waals surface area contributed by atoms with Gasteiger partial charge in [0.15, 0.2) is 0 Å². The van der Waals surface area contributed by atoms with Crippen molar-refractivity contribution in [3.63, 3.8) is 0 Å². The summed E-state index contributed by atoms with van der Waals surface area (Å²) in [5.41, 5.74) is 0. The molecule has 0 aromatic heterocycles. The van der Waals surface area contributed by atoms with Crippen LogP contribution in [0.15, 0.2) is 0 Å². The first-order valence-electron chi connectivity index (χ1n) is 3.50. The maximum absolute atomic E-state index is 10.8. The number of thioether (sulfide) groups is 1. The second-order valence-corrected chi connectivity index (χ2v) is 4.05. The maximum atomic E-state index is 10.8. The second kappa shape index (κ2) is 3.26. The first kappa shape index (κ1) is 8.59. The number of Topliss-reactive ketones (excluding diaryl/α,β-unsaturated/α-hetero) is 1. The topological polar surface area (TPSA) is 54.4 Å². The Labute approximate surface area is 69.2 Å². The molecule has 2 atom stereocenters. The van der Waals surface area contributed by atoms with Crippen LogP contribution in [0, 0.1) is 0 Å². The van der Waals surface area contributed by atoms with E-state index in [1.807, 2.05) is 0 Å². The molecule has 1 heterocycles. The third-order valence-electron chi connectivity index (χ3n) is 1.75. The number of rotatable bonds is 2. The largest absolute Gasteiger partial charge is 0.480 e. The lowest BCUT2D eigenvalue weighted by atomic mass is 10.1. The molecule has 11 heavy (non-hydrogen) atoms. The Morgan fingerprint density at radius 3 is 2.18 bits per heavy atom. The van der Waals surface area contributed by atoms with E-state index in [1.165, 1.54) is 18.7 Å². The molecule has 1 saturated heterocycles. The number of carbonyl (C=O) groups excluding carboxylic acids is 1. The summed E-state index contributed by atoms with van der Waals surface area (Å²) in [7, 11) is 0. The van der Waals surface area contributed by atoms with E-state index < -0.39 is 5.97 Å². The van der Waals surface area contributed by atoms with Gasteiger partial charge in [0.05, 0.1) is 5.25 Å². The molecule has 1 aliphatic heterocycles. The third kappa shape index (κ3) is 1.96. The Balaban J connectivity index is 2.47. The molecule has 4 heteroatoms. The van der Waals surface area contributed by atoms with Crippen molar-refractivity contribution in [3.8, 4) is 0 Å². The zero-order valence-electron chi connectivity index (χ0n) is 6.24. The number of ketones is 1. The van der Waals surface area contributed by atoms with Crippen molar-refractivity contribution in [3.05, 3.63) is 0 Å². The minimum atomic E-state index is -0.793. The van der Waals surface area contributed by atoms with Crippen LogP contribution in [0.1, 0.15) is 19.8 Å². The van der Waals surface area contributed by atoms with Gasteiger partial charge < -0.3 is 5.11 Å². The van der Waals surface area contributed by atoms with Crippen molar-refractivity contribution < 1.29 is 14.7 Å². The lowest BCUT2D eigenvalue weighted by molar-refractivity contribution is -0.136. The standard InChI is InChI=1S/C7H10O3S/c1-4(8)5-2-3-6(11-5)7(9)10/h5-6H,2-3H2,1H3,(H,9,10). The van der Waals surface area contributed by atoms with Gasteiger partial charge in [0.25, 0.3) is 0 Å². The van der Waals surface area contributed by atoms with Crippen molar-refractivity contribution in [1.82, 2.24) is 0 Å². The van der Waals surface area contributed by atoms with Gasteiger partial charge in [0.1, 0.15) is 11.0 Å². The third-order valence-corrected chi connectivity index (χ3v) is 3.41. The van der Waals surface area contributed by atoms with Crippen molar-refractivity contribution >= 4 is 23.5 Å². The van der Waals surface area contributed by atoms with E-state index in [0.717, 1.165) is 6.42 Å². The maximum Gasteiger partial charge on any atom is 0.316 e. The molecule has 2 unspecified atom stereocenters. The van der Waals surface area contributed by atoms with E-state index in [2.05, 4.69) is 0 Å². The van der Waals surface area contributed by atoms with Crippen LogP contribution in [-0.4, -0.2) is 27.4 Å². The minimum absolute atomic E-state index is 0.0731. The van der Waals surface area contributed by atoms with Gasteiger partial charge in [-0.1, -0.05) is 0 Å². The van der Waals surface area contributed by atoms with Crippen LogP contribution >= 0.6 is 11.8 Å². The number of carboxylic acids is 1. The Morgan fingerprint density at radius 2 is 1.91 bits per heavy atom. The van der Waals surface area contributed by atoms with E-state index in [1.54, 1.807) is 0 Å². The fourth-order valence-corrected chi connectivity index (χ4v) is 2.37. The predicted molar refractivity (Wildman–Crippen MR) is 42.7 cm³/mol. The first-order valence-corrected chi connectivity index (χ1v) is 4.44. The first-order chi connectivity index (χ1) is 5.11. The SMILES string of the molecule is CC(=O)C1CCC(C(=O)O)S1. The average Bonchev–Trinajstić information content (AvgIpc) is 2.33. The highest BCUT2D eigenvalue weighted by Gasteiger charge is 2.32. The highest BCUT2D eigenvalue weighted by atomic mass is 32.2. The monoisotopic (exact) mass is 174 g/mol. The van der Waals surface area contributed by atoms with E-state index in [-0.39, 0.29) is 16.3 Å². The molecule has 1 rings (SSSR count). The van der Waals surface area contributed by atoms with Crippen molar-refractivity contribution in [1.29, 1.82) is 0 Å². The molecule has 0 saturated carbocycles. The van der Waals surface area contributed by atoms with Gasteiger partial charge in [0.2, 0.25) is 0 Å². The summed E-state index contributed by atoms with van der Waals surface area (Å²) < 4.78 is 0. The summed E-state index contributed by atoms with van der Waals surface area (Å²) in [6.45, 7) is 1.52. The Bertz CT molecular complexity index is 170. The highest BCUT2D eigenvalue weighted by Crippen LogP contribution is 2.33. The van der Waals surface area contributed by atoms with Crippen molar-refractivity contribution in [2.45, 2.75) is 30.3 Å². The van der Waals surface area contributed by atoms with Crippen LogP contribution in [0.4, 0.5) is 0 Å². The molecule has 62 valence electrons. The number of carboxylic acid groups (broad SMARTS) is 1. The summed E-state index contributed by atoms with van der Waals surface area (Å²) in [5.74, 6) is -0.697. The smallest absolute Gasteiger partial charge is 0.316 e. The van der Waals surface area contributed by atoms with Gasteiger partial charge in [-0.15, -0.1) is 11.8 Å². The van der Waals surface area contributed by atoms with E-state index in [0.29, 0.717) is 6.42 Å². The summed E-state index contributed by atoms with van der Waals surface area (Å²) >= 11 is 1.28. The number of hydrogen-bond donors (Lipinski definition) is 1. The molecule has 1 aliphatic rings. The highest BCUT2D eigenvalue weighted by molar-refractivity contribution is 8.02. The van der Waals surface area contributed by atoms with Crippen molar-refractivity contribution in [2.75, 3.05) is 0 Å². The number of hydrogen-bond acceptors (Lipinski definition) is 3. The molecule has 0 aliphatic carbocycles. The molecule has 0 aromatic carbocycles. The lowest BCUT2D eigenvalue weighted by Gasteiger charge is -2.02. The van der Waals surface area contributed by atoms with Crippen LogP contribution in [0.5, 0.6) is 0 Å². The minimum Gasteiger partial charge on any atom is -0.480 e. The van der Waals surface area contributed by atoms with E-state index in [4.69, 9.17) is 5.11 Å². The Hall–Kier alpha value is -0.510. The van der Waals surface area contributed by atoms with Gasteiger partial charge >= 0.3 is 5.97 Å². The van der Waals surface area contributed by atoms with Gasteiger partial charge in [-0.05, 0) is 19.8 Å². The molecule has 0 amide bonds. The normalized spacial score (nSPS) is 30.3. The van der Waals surface area contributed by atoms with Crippen LogP contribution in [0.3, 0.4) is 0 Å². The Morgan fingerprint density at radius 1 is 1.36 bits per heavy atom. The summed E-state index contributed by atoms with van der Waals surface area (Å²) in [5, 5.41) is 8.15. The molecular formula is C7H10O3S. The Kier molecular flexibility index (Phi) is 2.54. The van der Waals surface area contributed by atoms with Gasteiger partial charge in [0, 0.05) is 0 Å². The number of carbonyl (C=O) groups is 2.